The predicted octanol–water partition coefficient (Wildman–Crippen LogP) is 7.12. The van der Waals surface area contributed by atoms with Gasteiger partial charge in [0.05, 0.1) is 12.2 Å². The van der Waals surface area contributed by atoms with Crippen LogP contribution >= 0.6 is 0 Å². The van der Waals surface area contributed by atoms with Crippen LogP contribution in [-0.2, 0) is 6.54 Å². The number of nitrogens with zero attached hydrogens (tertiary/aromatic N) is 1. The van der Waals surface area contributed by atoms with E-state index in [9.17, 15) is 13.2 Å². The highest BCUT2D eigenvalue weighted by Crippen LogP contribution is 2.40. The highest BCUT2D eigenvalue weighted by atomic mass is 19.1. The van der Waals surface area contributed by atoms with Gasteiger partial charge in [0.1, 0.15) is 17.5 Å². The lowest BCUT2D eigenvalue weighted by Crippen LogP contribution is -2.06. The van der Waals surface area contributed by atoms with Gasteiger partial charge in [-0.15, -0.1) is 0 Å². The Kier molecular flexibility index (Phi) is 4.79. The van der Waals surface area contributed by atoms with E-state index in [1.165, 1.54) is 12.1 Å². The summed E-state index contributed by atoms with van der Waals surface area (Å²) in [7, 11) is 0. The lowest BCUT2D eigenvalue weighted by Gasteiger charge is -2.14. The summed E-state index contributed by atoms with van der Waals surface area (Å²) in [6, 6.07) is 15.9. The molecule has 29 heavy (non-hydrogen) atoms. The molecule has 4 rings (SSSR count). The van der Waals surface area contributed by atoms with E-state index in [1.54, 1.807) is 18.2 Å². The van der Waals surface area contributed by atoms with Crippen LogP contribution < -0.4 is 0 Å². The van der Waals surface area contributed by atoms with Crippen molar-refractivity contribution >= 4 is 16.5 Å². The van der Waals surface area contributed by atoms with Gasteiger partial charge in [0, 0.05) is 27.6 Å². The van der Waals surface area contributed by atoms with Crippen molar-refractivity contribution < 1.29 is 13.2 Å². The first-order chi connectivity index (χ1) is 13.9. The van der Waals surface area contributed by atoms with Gasteiger partial charge in [-0.3, -0.25) is 0 Å². The van der Waals surface area contributed by atoms with Gasteiger partial charge >= 0.3 is 0 Å². The van der Waals surface area contributed by atoms with E-state index in [-0.39, 0.29) is 17.9 Å². The molecule has 1 heterocycles. The Hall–Kier alpha value is -3.27. The lowest BCUT2D eigenvalue weighted by molar-refractivity contribution is 0.578. The molecule has 0 N–H and O–H groups in total. The van der Waals surface area contributed by atoms with Crippen LogP contribution in [0.4, 0.5) is 13.2 Å². The third-order valence-electron chi connectivity index (χ3n) is 5.10. The number of rotatable bonds is 4. The van der Waals surface area contributed by atoms with Gasteiger partial charge in [-0.25, -0.2) is 13.2 Å². The van der Waals surface area contributed by atoms with Crippen molar-refractivity contribution in [1.29, 1.82) is 0 Å². The van der Waals surface area contributed by atoms with Gasteiger partial charge in [-0.05, 0) is 55.8 Å². The monoisotopic (exact) mass is 391 g/mol. The van der Waals surface area contributed by atoms with Crippen LogP contribution in [-0.4, -0.2) is 4.57 Å². The number of halogens is 3. The highest BCUT2D eigenvalue weighted by molar-refractivity contribution is 6.02. The first-order valence-electron chi connectivity index (χ1n) is 9.34. The Balaban J connectivity index is 2.07. The highest BCUT2D eigenvalue weighted by Gasteiger charge is 2.22. The molecule has 1 nitrogen and oxygen atoms in total. The molecule has 0 unspecified atom stereocenters. The minimum absolute atomic E-state index is 0.111. The summed E-state index contributed by atoms with van der Waals surface area (Å²) < 4.78 is 44.8. The maximum Gasteiger partial charge on any atom is 0.131 e. The van der Waals surface area contributed by atoms with Gasteiger partial charge in [-0.1, -0.05) is 36.4 Å². The Morgan fingerprint density at radius 1 is 0.931 bits per heavy atom. The Morgan fingerprint density at radius 2 is 1.69 bits per heavy atom. The molecule has 0 amide bonds. The van der Waals surface area contributed by atoms with Gasteiger partial charge in [0.2, 0.25) is 0 Å². The molecule has 0 atom stereocenters. The number of hydrogen-bond acceptors (Lipinski definition) is 0. The van der Waals surface area contributed by atoms with E-state index in [0.29, 0.717) is 22.4 Å². The van der Waals surface area contributed by atoms with Crippen molar-refractivity contribution in [3.05, 3.63) is 102 Å². The molecule has 0 radical (unpaired) electrons. The van der Waals surface area contributed by atoms with E-state index >= 15 is 0 Å². The summed E-state index contributed by atoms with van der Waals surface area (Å²) in [6.45, 7) is 8.00. The van der Waals surface area contributed by atoms with E-state index in [4.69, 9.17) is 0 Å². The van der Waals surface area contributed by atoms with Gasteiger partial charge in [-0.2, -0.15) is 0 Å². The summed E-state index contributed by atoms with van der Waals surface area (Å²) in [5.74, 6) is -1.33. The van der Waals surface area contributed by atoms with Gasteiger partial charge < -0.3 is 4.57 Å². The van der Waals surface area contributed by atoms with Crippen molar-refractivity contribution in [3.8, 4) is 11.1 Å². The van der Waals surface area contributed by atoms with Crippen LogP contribution in [0.25, 0.3) is 27.6 Å². The second-order valence-corrected chi connectivity index (χ2v) is 7.33. The minimum Gasteiger partial charge on any atom is -0.336 e. The Bertz CT molecular complexity index is 1250. The largest absolute Gasteiger partial charge is 0.336 e. The lowest BCUT2D eigenvalue weighted by atomic mass is 9.98. The zero-order valence-corrected chi connectivity index (χ0v) is 16.3. The van der Waals surface area contributed by atoms with Crippen molar-refractivity contribution in [2.45, 2.75) is 20.4 Å². The van der Waals surface area contributed by atoms with Crippen LogP contribution in [0.5, 0.6) is 0 Å². The number of fused-ring (bicyclic) bond motifs is 1. The molecule has 1 aromatic heterocycles. The molecule has 0 aliphatic carbocycles. The zero-order chi connectivity index (χ0) is 20.7. The van der Waals surface area contributed by atoms with E-state index < -0.39 is 11.6 Å². The van der Waals surface area contributed by atoms with Crippen molar-refractivity contribution in [2.75, 3.05) is 0 Å². The standard InChI is InChI=1S/C25H20F3N/c1-15(2)25-24(19-6-4-5-7-22(19)28)20-12-16(3)8-11-23(20)29(25)14-17-13-18(26)9-10-21(17)27/h4-13H,1,14H2,2-3H3. The molecule has 0 aliphatic rings. The molecule has 4 aromatic rings. The topological polar surface area (TPSA) is 4.93 Å². The summed E-state index contributed by atoms with van der Waals surface area (Å²) in [5.41, 5.74) is 4.66. The molecule has 0 spiro atoms. The Morgan fingerprint density at radius 3 is 2.41 bits per heavy atom. The van der Waals surface area contributed by atoms with Crippen molar-refractivity contribution in [3.63, 3.8) is 0 Å². The van der Waals surface area contributed by atoms with E-state index in [1.807, 2.05) is 36.6 Å². The third kappa shape index (κ3) is 3.35. The second kappa shape index (κ2) is 7.28. The maximum absolute atomic E-state index is 14.8. The van der Waals surface area contributed by atoms with Crippen LogP contribution in [0.3, 0.4) is 0 Å². The summed E-state index contributed by atoms with van der Waals surface area (Å²) in [6.07, 6.45) is 0. The maximum atomic E-state index is 14.8. The minimum atomic E-state index is -0.500. The van der Waals surface area contributed by atoms with E-state index in [2.05, 4.69) is 6.58 Å². The third-order valence-corrected chi connectivity index (χ3v) is 5.10. The van der Waals surface area contributed by atoms with Crippen molar-refractivity contribution in [1.82, 2.24) is 4.57 Å². The summed E-state index contributed by atoms with van der Waals surface area (Å²) >= 11 is 0. The number of hydrogen-bond donors (Lipinski definition) is 0. The van der Waals surface area contributed by atoms with Gasteiger partial charge in [0.15, 0.2) is 0 Å². The van der Waals surface area contributed by atoms with Gasteiger partial charge in [0.25, 0.3) is 0 Å². The van der Waals surface area contributed by atoms with Crippen LogP contribution in [0.1, 0.15) is 23.7 Å². The summed E-state index contributed by atoms with van der Waals surface area (Å²) in [5, 5.41) is 0.852. The molecular weight excluding hydrogens is 371 g/mol. The summed E-state index contributed by atoms with van der Waals surface area (Å²) in [4.78, 5) is 0. The second-order valence-electron chi connectivity index (χ2n) is 7.33. The van der Waals surface area contributed by atoms with Crippen LogP contribution in [0.2, 0.25) is 0 Å². The fourth-order valence-electron chi connectivity index (χ4n) is 3.85. The normalized spacial score (nSPS) is 11.2. The quantitative estimate of drug-likeness (QED) is 0.349. The molecule has 0 fully saturated rings. The number of aromatic nitrogens is 1. The van der Waals surface area contributed by atoms with Crippen molar-refractivity contribution in [2.24, 2.45) is 0 Å². The number of benzene rings is 3. The molecule has 0 saturated heterocycles. The molecule has 0 saturated carbocycles. The number of allylic oxidation sites excluding steroid dienone is 1. The molecular formula is C25H20F3N. The fraction of sp³-hybridized carbons (Fsp3) is 0.120. The molecule has 0 aliphatic heterocycles. The fourth-order valence-corrected chi connectivity index (χ4v) is 3.85. The van der Waals surface area contributed by atoms with E-state index in [0.717, 1.165) is 28.6 Å². The number of aryl methyl sites for hydroxylation is 1. The average Bonchev–Trinajstić information content (AvgIpc) is 2.98. The zero-order valence-electron chi connectivity index (χ0n) is 16.3. The first-order valence-corrected chi connectivity index (χ1v) is 9.34. The molecule has 0 bridgehead atoms. The average molecular weight is 391 g/mol. The molecule has 146 valence electrons. The smallest absolute Gasteiger partial charge is 0.131 e. The SMILES string of the molecule is C=C(C)c1c(-c2ccccc2F)c2cc(C)ccc2n1Cc1cc(F)ccc1F. The molecule has 3 aromatic carbocycles. The van der Waals surface area contributed by atoms with Crippen LogP contribution in [0, 0.1) is 24.4 Å². The predicted molar refractivity (Wildman–Crippen MR) is 112 cm³/mol. The van der Waals surface area contributed by atoms with Crippen LogP contribution in [0.15, 0.2) is 67.2 Å². The first kappa shape index (κ1) is 19.1. The Labute approximate surface area is 167 Å². The molecule has 4 heteroatoms.